The minimum absolute atomic E-state index is 0.0666. The average molecular weight is 391 g/mol. The molecule has 0 N–H and O–H groups in total. The fourth-order valence-electron chi connectivity index (χ4n) is 2.23. The van der Waals surface area contributed by atoms with Gasteiger partial charge in [0, 0.05) is 23.9 Å². The normalized spacial score (nSPS) is 10.1. The van der Waals surface area contributed by atoms with Gasteiger partial charge in [0.15, 0.2) is 17.3 Å². The maximum atomic E-state index is 11.7. The first-order valence-corrected chi connectivity index (χ1v) is 9.26. The molecule has 0 bridgehead atoms. The van der Waals surface area contributed by atoms with Crippen molar-refractivity contribution in [3.63, 3.8) is 0 Å². The van der Waals surface area contributed by atoms with Gasteiger partial charge in [-0.25, -0.2) is 0 Å². The number of ether oxygens (including phenoxy) is 3. The van der Waals surface area contributed by atoms with Crippen LogP contribution >= 0.6 is 11.6 Å². The number of ketones is 1. The summed E-state index contributed by atoms with van der Waals surface area (Å²) in [4.78, 5) is 11.7. The van der Waals surface area contributed by atoms with Crippen molar-refractivity contribution in [3.8, 4) is 17.2 Å². The van der Waals surface area contributed by atoms with Crippen LogP contribution in [-0.4, -0.2) is 33.0 Å². The minimum atomic E-state index is 0.0666. The molecular weight excluding hydrogens is 364 g/mol. The van der Waals surface area contributed by atoms with Crippen LogP contribution in [0.25, 0.3) is 6.08 Å². The molecule has 0 aromatic heterocycles. The van der Waals surface area contributed by atoms with Gasteiger partial charge in [0.05, 0.1) is 21.3 Å². The zero-order valence-corrected chi connectivity index (χ0v) is 16.9. The summed E-state index contributed by atoms with van der Waals surface area (Å²) in [6.45, 7) is 0. The second kappa shape index (κ2) is 13.7. The van der Waals surface area contributed by atoms with E-state index in [1.165, 1.54) is 0 Å². The smallest absolute Gasteiger partial charge is 0.164 e. The average Bonchev–Trinajstić information content (AvgIpc) is 2.73. The lowest BCUT2D eigenvalue weighted by Gasteiger charge is -2.12. The molecule has 0 fully saturated rings. The van der Waals surface area contributed by atoms with Crippen LogP contribution in [0.5, 0.6) is 17.2 Å². The summed E-state index contributed by atoms with van der Waals surface area (Å²) in [6.07, 6.45) is 5.43. The third-order valence-corrected chi connectivity index (χ3v) is 3.93. The quantitative estimate of drug-likeness (QED) is 0.327. The number of methoxy groups -OCH3 is 3. The van der Waals surface area contributed by atoms with Crippen LogP contribution in [-0.2, 0) is 4.79 Å². The van der Waals surface area contributed by atoms with E-state index in [2.05, 4.69) is 0 Å². The predicted octanol–water partition coefficient (Wildman–Crippen LogP) is 5.39. The van der Waals surface area contributed by atoms with E-state index in [1.807, 2.05) is 36.4 Å². The number of allylic oxidation sites excluding steroid dienone is 1. The van der Waals surface area contributed by atoms with E-state index in [-0.39, 0.29) is 5.78 Å². The van der Waals surface area contributed by atoms with Crippen molar-refractivity contribution in [1.29, 1.82) is 0 Å². The molecule has 146 valence electrons. The van der Waals surface area contributed by atoms with E-state index in [1.54, 1.807) is 45.6 Å². The van der Waals surface area contributed by atoms with E-state index in [9.17, 15) is 4.79 Å². The van der Waals surface area contributed by atoms with Crippen molar-refractivity contribution in [2.24, 2.45) is 0 Å². The molecule has 0 radical (unpaired) electrons. The van der Waals surface area contributed by atoms with Crippen LogP contribution in [0.1, 0.15) is 24.8 Å². The zero-order valence-electron chi connectivity index (χ0n) is 16.1. The van der Waals surface area contributed by atoms with Gasteiger partial charge >= 0.3 is 0 Å². The highest BCUT2D eigenvalue weighted by atomic mass is 35.5. The van der Waals surface area contributed by atoms with Crippen molar-refractivity contribution >= 4 is 23.5 Å². The lowest BCUT2D eigenvalue weighted by molar-refractivity contribution is -0.114. The Hall–Kier alpha value is -2.46. The van der Waals surface area contributed by atoms with Crippen LogP contribution in [0.4, 0.5) is 0 Å². The second-order valence-corrected chi connectivity index (χ2v) is 5.93. The number of halogens is 1. The Morgan fingerprint density at radius 3 is 1.85 bits per heavy atom. The Bertz CT molecular complexity index is 672. The number of carbonyl (C=O) groups is 1. The van der Waals surface area contributed by atoms with Gasteiger partial charge in [0.25, 0.3) is 0 Å². The lowest BCUT2D eigenvalue weighted by Crippen LogP contribution is -1.96. The van der Waals surface area contributed by atoms with Crippen LogP contribution < -0.4 is 14.2 Å². The first-order valence-electron chi connectivity index (χ1n) is 8.73. The summed E-state index contributed by atoms with van der Waals surface area (Å²) in [5.41, 5.74) is 0.765. The Morgan fingerprint density at radius 2 is 1.37 bits per heavy atom. The maximum Gasteiger partial charge on any atom is 0.164 e. The highest BCUT2D eigenvalue weighted by molar-refractivity contribution is 6.17. The van der Waals surface area contributed by atoms with E-state index >= 15 is 0 Å². The van der Waals surface area contributed by atoms with Crippen LogP contribution in [0.2, 0.25) is 0 Å². The maximum absolute atomic E-state index is 11.7. The molecule has 5 heteroatoms. The number of hydrogen-bond acceptors (Lipinski definition) is 4. The third-order valence-electron chi connectivity index (χ3n) is 3.66. The molecule has 0 saturated carbocycles. The van der Waals surface area contributed by atoms with Gasteiger partial charge < -0.3 is 14.2 Å². The predicted molar refractivity (Wildman–Crippen MR) is 111 cm³/mol. The molecule has 27 heavy (non-hydrogen) atoms. The van der Waals surface area contributed by atoms with Gasteiger partial charge in [-0.05, 0) is 31.1 Å². The summed E-state index contributed by atoms with van der Waals surface area (Å²) in [6, 6.07) is 15.5. The minimum Gasteiger partial charge on any atom is -0.496 e. The van der Waals surface area contributed by atoms with Gasteiger partial charge in [-0.3, -0.25) is 4.79 Å². The Morgan fingerprint density at radius 1 is 0.852 bits per heavy atom. The number of rotatable bonds is 9. The molecule has 0 aliphatic carbocycles. The van der Waals surface area contributed by atoms with Crippen LogP contribution in [0.15, 0.2) is 54.6 Å². The molecule has 0 heterocycles. The topological polar surface area (TPSA) is 44.8 Å². The highest BCUT2D eigenvalue weighted by Gasteiger charge is 2.10. The molecule has 4 nitrogen and oxygen atoms in total. The van der Waals surface area contributed by atoms with E-state index in [0.29, 0.717) is 29.5 Å². The first-order chi connectivity index (χ1) is 13.2. The number of carbonyl (C=O) groups excluding carboxylic acids is 1. The summed E-state index contributed by atoms with van der Waals surface area (Å²) < 4.78 is 15.8. The number of benzene rings is 2. The molecule has 0 amide bonds. The molecule has 0 saturated heterocycles. The summed E-state index contributed by atoms with van der Waals surface area (Å²) in [7, 11) is 4.70. The number of hydrogen-bond donors (Lipinski definition) is 0. The first kappa shape index (κ1) is 22.6. The van der Waals surface area contributed by atoms with Crippen molar-refractivity contribution in [1.82, 2.24) is 0 Å². The molecule has 0 aliphatic heterocycles. The van der Waals surface area contributed by atoms with Crippen molar-refractivity contribution < 1.29 is 19.0 Å². The second-order valence-electron chi connectivity index (χ2n) is 5.55. The van der Waals surface area contributed by atoms with Crippen molar-refractivity contribution in [2.75, 3.05) is 27.2 Å². The van der Waals surface area contributed by atoms with E-state index < -0.39 is 0 Å². The van der Waals surface area contributed by atoms with Crippen LogP contribution in [0.3, 0.4) is 0 Å². The Balaban J connectivity index is 0.000000511. The van der Waals surface area contributed by atoms with Crippen molar-refractivity contribution in [2.45, 2.75) is 19.3 Å². The molecular formula is C22H27ClO4. The van der Waals surface area contributed by atoms with E-state index in [4.69, 9.17) is 25.8 Å². The highest BCUT2D eigenvalue weighted by Crippen LogP contribution is 2.35. The fourth-order valence-corrected chi connectivity index (χ4v) is 2.42. The van der Waals surface area contributed by atoms with Gasteiger partial charge in [0.1, 0.15) is 5.75 Å². The molecule has 0 aliphatic rings. The van der Waals surface area contributed by atoms with Gasteiger partial charge in [-0.1, -0.05) is 36.4 Å². The standard InChI is InChI=1S/C16H21ClO4.C6H6/c1-19-14-11-16(21-3)15(20-2)10-12(14)7-8-13(18)6-4-5-9-17;1-2-4-6-5-3-1/h7-8,10-11H,4-6,9H2,1-3H3;1-6H/b8-7+;. The van der Waals surface area contributed by atoms with Gasteiger partial charge in [0.2, 0.25) is 0 Å². The molecule has 2 aromatic carbocycles. The lowest BCUT2D eigenvalue weighted by atomic mass is 10.1. The van der Waals surface area contributed by atoms with Gasteiger partial charge in [-0.2, -0.15) is 0 Å². The SMILES string of the molecule is COc1cc(OC)c(OC)cc1/C=C/C(=O)CCCCCl.c1ccccc1. The summed E-state index contributed by atoms with van der Waals surface area (Å²) in [5.74, 6) is 2.45. The van der Waals surface area contributed by atoms with Crippen molar-refractivity contribution in [3.05, 3.63) is 60.2 Å². The molecule has 0 unspecified atom stereocenters. The Labute approximate surface area is 166 Å². The molecule has 2 rings (SSSR count). The summed E-state index contributed by atoms with van der Waals surface area (Å²) >= 11 is 5.59. The molecule has 0 spiro atoms. The fraction of sp³-hybridized carbons (Fsp3) is 0.318. The van der Waals surface area contributed by atoms with E-state index in [0.717, 1.165) is 18.4 Å². The summed E-state index contributed by atoms with van der Waals surface area (Å²) in [5, 5.41) is 0. The van der Waals surface area contributed by atoms with Gasteiger partial charge in [-0.15, -0.1) is 11.6 Å². The molecule has 0 atom stereocenters. The number of alkyl halides is 1. The Kier molecular flexibility index (Phi) is 11.5. The largest absolute Gasteiger partial charge is 0.496 e. The zero-order chi connectivity index (χ0) is 19.9. The third kappa shape index (κ3) is 8.65. The van der Waals surface area contributed by atoms with Crippen LogP contribution in [0, 0.1) is 0 Å². The molecule has 2 aromatic rings. The monoisotopic (exact) mass is 390 g/mol. The number of unbranched alkanes of at least 4 members (excludes halogenated alkanes) is 1.